The Hall–Kier alpha value is -4.25. The molecule has 16 heteroatoms. The van der Waals surface area contributed by atoms with Gasteiger partial charge in [0.1, 0.15) is 23.8 Å². The summed E-state index contributed by atoms with van der Waals surface area (Å²) in [4.78, 5) is 45.4. The van der Waals surface area contributed by atoms with Crippen molar-refractivity contribution in [2.45, 2.75) is 25.2 Å². The molecule has 14 nitrogen and oxygen atoms in total. The van der Waals surface area contributed by atoms with Crippen LogP contribution < -0.4 is 19.6 Å². The SMILES string of the molecule is CC(=O)N(CC(O)COC[C@H]1CN(c2ccc(N3CCOCC3)c(F)c2)C(=O)O1)CC1CN(c2ccc(N3CCOCC3)c(F)c2)C(=O)O1. The van der Waals surface area contributed by atoms with Crippen LogP contribution in [0.3, 0.4) is 0 Å². The third-order valence-electron chi connectivity index (χ3n) is 8.85. The zero-order valence-electron chi connectivity index (χ0n) is 27.3. The third-order valence-corrected chi connectivity index (χ3v) is 8.85. The van der Waals surface area contributed by atoms with Gasteiger partial charge in [-0.3, -0.25) is 14.6 Å². The maximum Gasteiger partial charge on any atom is 0.414 e. The predicted molar refractivity (Wildman–Crippen MR) is 173 cm³/mol. The van der Waals surface area contributed by atoms with Gasteiger partial charge < -0.3 is 43.5 Å². The lowest BCUT2D eigenvalue weighted by molar-refractivity contribution is -0.132. The molecule has 0 aromatic heterocycles. The summed E-state index contributed by atoms with van der Waals surface area (Å²) in [7, 11) is 0. The van der Waals surface area contributed by atoms with Crippen LogP contribution in [0.5, 0.6) is 0 Å². The van der Waals surface area contributed by atoms with E-state index in [1.165, 1.54) is 33.8 Å². The van der Waals surface area contributed by atoms with Crippen LogP contribution in [0.4, 0.5) is 41.1 Å². The Balaban J connectivity index is 0.955. The Morgan fingerprint density at radius 2 is 1.35 bits per heavy atom. The van der Waals surface area contributed by atoms with E-state index in [9.17, 15) is 28.3 Å². The second-order valence-corrected chi connectivity index (χ2v) is 12.3. The van der Waals surface area contributed by atoms with Gasteiger partial charge >= 0.3 is 12.2 Å². The van der Waals surface area contributed by atoms with E-state index in [0.29, 0.717) is 75.4 Å². The first-order chi connectivity index (χ1) is 23.7. The van der Waals surface area contributed by atoms with Gasteiger partial charge in [0.25, 0.3) is 0 Å². The third kappa shape index (κ3) is 8.32. The van der Waals surface area contributed by atoms with Gasteiger partial charge in [-0.15, -0.1) is 0 Å². The Bertz CT molecular complexity index is 1510. The summed E-state index contributed by atoms with van der Waals surface area (Å²) in [5.74, 6) is -1.25. The van der Waals surface area contributed by atoms with Crippen molar-refractivity contribution < 1.29 is 52.0 Å². The normalized spacial score (nSPS) is 22.0. The molecular formula is C33H41F2N5O9. The zero-order valence-corrected chi connectivity index (χ0v) is 27.3. The van der Waals surface area contributed by atoms with E-state index in [4.69, 9.17) is 23.7 Å². The minimum atomic E-state index is -1.09. The van der Waals surface area contributed by atoms with Crippen LogP contribution in [0.15, 0.2) is 36.4 Å². The molecule has 266 valence electrons. The first-order valence-corrected chi connectivity index (χ1v) is 16.4. The van der Waals surface area contributed by atoms with E-state index in [-0.39, 0.29) is 45.3 Å². The molecule has 4 aliphatic heterocycles. The quantitative estimate of drug-likeness (QED) is 0.352. The molecule has 0 radical (unpaired) electrons. The van der Waals surface area contributed by atoms with E-state index >= 15 is 0 Å². The van der Waals surface area contributed by atoms with Crippen LogP contribution in [-0.2, 0) is 28.5 Å². The van der Waals surface area contributed by atoms with Gasteiger partial charge in [0, 0.05) is 39.6 Å². The highest BCUT2D eigenvalue weighted by molar-refractivity contribution is 5.91. The standard InChI is InChI=1S/C33H41F2N5O9/c1-22(41)38(17-26-18-39(32(43)48-26)23-2-4-30(28(34)14-23)36-6-10-45-11-7-36)16-25(42)20-47-21-27-19-40(33(44)49-27)24-3-5-31(29(35)15-24)37-8-12-46-13-9-37/h2-5,14-15,25-27,42H,6-13,16-21H2,1H3/t25?,26?,27-/m1/s1. The van der Waals surface area contributed by atoms with Crippen molar-refractivity contribution in [2.24, 2.45) is 0 Å². The number of cyclic esters (lactones) is 2. The fraction of sp³-hybridized carbons (Fsp3) is 0.545. The van der Waals surface area contributed by atoms with Gasteiger partial charge in [-0.1, -0.05) is 0 Å². The van der Waals surface area contributed by atoms with E-state index in [2.05, 4.69) is 0 Å². The van der Waals surface area contributed by atoms with Gasteiger partial charge in [-0.2, -0.15) is 0 Å². The summed E-state index contributed by atoms with van der Waals surface area (Å²) in [5.41, 5.74) is 1.58. The monoisotopic (exact) mass is 689 g/mol. The van der Waals surface area contributed by atoms with Crippen molar-refractivity contribution in [1.82, 2.24) is 4.90 Å². The van der Waals surface area contributed by atoms with Crippen LogP contribution >= 0.6 is 0 Å². The van der Waals surface area contributed by atoms with Gasteiger partial charge in [0.05, 0.1) is 88.1 Å². The number of anilines is 4. The molecule has 4 heterocycles. The Morgan fingerprint density at radius 1 is 0.857 bits per heavy atom. The summed E-state index contributed by atoms with van der Waals surface area (Å²) in [6.45, 7) is 5.66. The fourth-order valence-corrected chi connectivity index (χ4v) is 6.32. The maximum absolute atomic E-state index is 15.0. The van der Waals surface area contributed by atoms with Crippen molar-refractivity contribution in [2.75, 3.05) is 112 Å². The number of halogens is 2. The molecule has 6 rings (SSSR count). The molecule has 3 amide bonds. The van der Waals surface area contributed by atoms with Crippen molar-refractivity contribution in [3.05, 3.63) is 48.0 Å². The Labute approximate surface area is 282 Å². The number of hydrogen-bond donors (Lipinski definition) is 1. The molecule has 2 aromatic rings. The van der Waals surface area contributed by atoms with E-state index < -0.39 is 42.1 Å². The van der Waals surface area contributed by atoms with Gasteiger partial charge in [0.2, 0.25) is 5.91 Å². The number of carbonyl (C=O) groups is 3. The molecule has 4 fully saturated rings. The van der Waals surface area contributed by atoms with Crippen molar-refractivity contribution in [1.29, 1.82) is 0 Å². The summed E-state index contributed by atoms with van der Waals surface area (Å²) in [6.07, 6.45) is -3.74. The number of hydrogen-bond acceptors (Lipinski definition) is 11. The van der Waals surface area contributed by atoms with Crippen molar-refractivity contribution in [3.8, 4) is 0 Å². The Morgan fingerprint density at radius 3 is 1.84 bits per heavy atom. The van der Waals surface area contributed by atoms with Crippen molar-refractivity contribution in [3.63, 3.8) is 0 Å². The Kier molecular flexibility index (Phi) is 11.0. The molecule has 0 saturated carbocycles. The zero-order chi connectivity index (χ0) is 34.5. The van der Waals surface area contributed by atoms with Crippen LogP contribution in [0, 0.1) is 11.6 Å². The summed E-state index contributed by atoms with van der Waals surface area (Å²) in [6, 6.07) is 9.18. The lowest BCUT2D eigenvalue weighted by Crippen LogP contribution is -2.43. The summed E-state index contributed by atoms with van der Waals surface area (Å²) >= 11 is 0. The number of ether oxygens (including phenoxy) is 5. The topological polar surface area (TPSA) is 134 Å². The lowest BCUT2D eigenvalue weighted by Gasteiger charge is -2.29. The predicted octanol–water partition coefficient (Wildman–Crippen LogP) is 2.21. The number of morpholine rings is 2. The van der Waals surface area contributed by atoms with Crippen LogP contribution in [-0.4, -0.2) is 138 Å². The molecule has 0 aliphatic carbocycles. The molecule has 49 heavy (non-hydrogen) atoms. The van der Waals surface area contributed by atoms with E-state index in [1.807, 2.05) is 9.80 Å². The highest BCUT2D eigenvalue weighted by Gasteiger charge is 2.36. The summed E-state index contributed by atoms with van der Waals surface area (Å²) < 4.78 is 57.0. The molecule has 2 unspecified atom stereocenters. The molecule has 2 aromatic carbocycles. The smallest absolute Gasteiger partial charge is 0.414 e. The van der Waals surface area contributed by atoms with E-state index in [1.54, 1.807) is 24.3 Å². The largest absolute Gasteiger partial charge is 0.442 e. The second-order valence-electron chi connectivity index (χ2n) is 12.3. The van der Waals surface area contributed by atoms with Gasteiger partial charge in [-0.05, 0) is 36.4 Å². The molecule has 4 saturated heterocycles. The van der Waals surface area contributed by atoms with Crippen LogP contribution in [0.1, 0.15) is 6.92 Å². The number of rotatable bonds is 12. The van der Waals surface area contributed by atoms with Crippen molar-refractivity contribution >= 4 is 40.8 Å². The number of aliphatic hydroxyl groups is 1. The molecule has 1 N–H and O–H groups in total. The van der Waals surface area contributed by atoms with Gasteiger partial charge in [-0.25, -0.2) is 18.4 Å². The molecule has 0 bridgehead atoms. The maximum atomic E-state index is 15.0. The average molecular weight is 690 g/mol. The summed E-state index contributed by atoms with van der Waals surface area (Å²) in [5, 5.41) is 10.6. The lowest BCUT2D eigenvalue weighted by atomic mass is 10.2. The first kappa shape index (κ1) is 34.6. The first-order valence-electron chi connectivity index (χ1n) is 16.4. The molecular weight excluding hydrogens is 648 g/mol. The molecule has 0 spiro atoms. The molecule has 3 atom stereocenters. The van der Waals surface area contributed by atoms with Crippen LogP contribution in [0.2, 0.25) is 0 Å². The van der Waals surface area contributed by atoms with Gasteiger partial charge in [0.15, 0.2) is 0 Å². The average Bonchev–Trinajstić information content (AvgIpc) is 3.65. The van der Waals surface area contributed by atoms with E-state index in [0.717, 1.165) is 0 Å². The number of amides is 3. The molecule has 4 aliphatic rings. The minimum Gasteiger partial charge on any atom is -0.442 e. The fourth-order valence-electron chi connectivity index (χ4n) is 6.32. The number of carbonyl (C=O) groups excluding carboxylic acids is 3. The highest BCUT2D eigenvalue weighted by Crippen LogP contribution is 2.30. The van der Waals surface area contributed by atoms with Crippen LogP contribution in [0.25, 0.3) is 0 Å². The number of benzene rings is 2. The number of aliphatic hydroxyl groups excluding tert-OH is 1. The number of nitrogens with zero attached hydrogens (tertiary/aromatic N) is 5. The highest BCUT2D eigenvalue weighted by atomic mass is 19.1. The second kappa shape index (κ2) is 15.5. The minimum absolute atomic E-state index is 0.0130.